The van der Waals surface area contributed by atoms with Crippen LogP contribution in [0.2, 0.25) is 0 Å². The van der Waals surface area contributed by atoms with Crippen molar-refractivity contribution in [2.75, 3.05) is 13.7 Å². The summed E-state index contributed by atoms with van der Waals surface area (Å²) in [5.74, 6) is 0.00406. The zero-order valence-corrected chi connectivity index (χ0v) is 21.4. The van der Waals surface area contributed by atoms with Gasteiger partial charge in [0.05, 0.1) is 12.2 Å². The van der Waals surface area contributed by atoms with E-state index in [1.807, 2.05) is 24.3 Å². The third kappa shape index (κ3) is 6.52. The molecule has 0 spiro atoms. The lowest BCUT2D eigenvalue weighted by Crippen LogP contribution is -2.13. The molecule has 0 aromatic heterocycles. The molecule has 4 aromatic rings. The van der Waals surface area contributed by atoms with Gasteiger partial charge < -0.3 is 14.2 Å². The van der Waals surface area contributed by atoms with Gasteiger partial charge in [-0.25, -0.2) is 9.59 Å². The minimum absolute atomic E-state index is 0.133. The average molecular weight is 505 g/mol. The molecule has 0 aliphatic carbocycles. The predicted molar refractivity (Wildman–Crippen MR) is 150 cm³/mol. The Labute approximate surface area is 222 Å². The highest BCUT2D eigenvalue weighted by atomic mass is 16.5. The van der Waals surface area contributed by atoms with Crippen LogP contribution in [-0.2, 0) is 14.3 Å². The largest absolute Gasteiger partial charge is 0.423 e. The fourth-order valence-corrected chi connectivity index (χ4v) is 3.75. The Morgan fingerprint density at radius 1 is 0.553 bits per heavy atom. The van der Waals surface area contributed by atoms with Crippen molar-refractivity contribution in [3.63, 3.8) is 0 Å². The molecule has 190 valence electrons. The number of rotatable bonds is 9. The number of benzene rings is 4. The highest BCUT2D eigenvalue weighted by molar-refractivity contribution is 5.90. The molecular weight excluding hydrogens is 476 g/mol. The van der Waals surface area contributed by atoms with Gasteiger partial charge in [0.2, 0.25) is 0 Å². The van der Waals surface area contributed by atoms with Crippen LogP contribution in [-0.4, -0.2) is 25.7 Å². The zero-order valence-electron chi connectivity index (χ0n) is 21.4. The van der Waals surface area contributed by atoms with Gasteiger partial charge in [-0.3, -0.25) is 0 Å². The quantitative estimate of drug-likeness (QED) is 0.136. The summed E-state index contributed by atoms with van der Waals surface area (Å²) in [5, 5.41) is 0. The number of carbonyl (C=O) groups excluding carboxylic acids is 2. The maximum atomic E-state index is 12.0. The van der Waals surface area contributed by atoms with Gasteiger partial charge >= 0.3 is 11.9 Å². The summed E-state index contributed by atoms with van der Waals surface area (Å²) in [5.41, 5.74) is 6.99. The van der Waals surface area contributed by atoms with E-state index in [-0.39, 0.29) is 12.2 Å². The summed E-state index contributed by atoms with van der Waals surface area (Å²) in [7, 11) is 1.50. The first-order valence-corrected chi connectivity index (χ1v) is 12.0. The summed E-state index contributed by atoms with van der Waals surface area (Å²) in [6.07, 6.45) is 0. The van der Waals surface area contributed by atoms with Crippen molar-refractivity contribution in [3.05, 3.63) is 121 Å². The van der Waals surface area contributed by atoms with Crippen molar-refractivity contribution in [1.29, 1.82) is 0 Å². The van der Waals surface area contributed by atoms with Crippen molar-refractivity contribution in [1.82, 2.24) is 0 Å². The molecule has 38 heavy (non-hydrogen) atoms. The summed E-state index contributed by atoms with van der Waals surface area (Å²) in [6, 6.07) is 31.3. The summed E-state index contributed by atoms with van der Waals surface area (Å²) in [4.78, 5) is 23.7. The van der Waals surface area contributed by atoms with E-state index < -0.39 is 11.9 Å². The van der Waals surface area contributed by atoms with Crippen LogP contribution in [0, 0.1) is 0 Å². The van der Waals surface area contributed by atoms with E-state index in [1.54, 1.807) is 31.2 Å². The summed E-state index contributed by atoms with van der Waals surface area (Å²) < 4.78 is 15.5. The van der Waals surface area contributed by atoms with Crippen LogP contribution in [0.4, 0.5) is 0 Å². The summed E-state index contributed by atoms with van der Waals surface area (Å²) in [6.45, 7) is 9.01. The number of methoxy groups -OCH3 is 1. The van der Waals surface area contributed by atoms with E-state index >= 15 is 0 Å². The van der Waals surface area contributed by atoms with Crippen LogP contribution in [0.25, 0.3) is 33.4 Å². The zero-order chi connectivity index (χ0) is 27.1. The molecule has 5 heteroatoms. The average Bonchev–Trinajstić information content (AvgIpc) is 2.94. The highest BCUT2D eigenvalue weighted by Gasteiger charge is 2.10. The van der Waals surface area contributed by atoms with Crippen LogP contribution in [0.5, 0.6) is 11.5 Å². The number of esters is 2. The molecule has 0 radical (unpaired) electrons. The Morgan fingerprint density at radius 3 is 1.13 bits per heavy atom. The van der Waals surface area contributed by atoms with E-state index in [4.69, 9.17) is 14.2 Å². The van der Waals surface area contributed by atoms with Crippen LogP contribution >= 0.6 is 0 Å². The maximum Gasteiger partial charge on any atom is 0.341 e. The highest BCUT2D eigenvalue weighted by Crippen LogP contribution is 2.29. The Balaban J connectivity index is 1.40. The van der Waals surface area contributed by atoms with Crippen molar-refractivity contribution < 1.29 is 23.8 Å². The van der Waals surface area contributed by atoms with Crippen LogP contribution in [0.15, 0.2) is 121 Å². The molecule has 0 amide bonds. The molecule has 0 bridgehead atoms. The second-order valence-corrected chi connectivity index (χ2v) is 8.80. The second-order valence-electron chi connectivity index (χ2n) is 8.80. The lowest BCUT2D eigenvalue weighted by atomic mass is 9.98. The van der Waals surface area contributed by atoms with Crippen molar-refractivity contribution in [3.8, 4) is 44.9 Å². The lowest BCUT2D eigenvalue weighted by Gasteiger charge is -2.09. The lowest BCUT2D eigenvalue weighted by molar-refractivity contribution is -0.131. The van der Waals surface area contributed by atoms with Gasteiger partial charge in [-0.1, -0.05) is 86.0 Å². The van der Waals surface area contributed by atoms with Crippen molar-refractivity contribution in [2.45, 2.75) is 6.92 Å². The van der Waals surface area contributed by atoms with Gasteiger partial charge in [0.15, 0.2) is 0 Å². The molecular formula is C33H28O5. The Kier molecular flexibility index (Phi) is 8.31. The normalized spacial score (nSPS) is 10.5. The first-order chi connectivity index (χ1) is 18.3. The van der Waals surface area contributed by atoms with Gasteiger partial charge in [0.25, 0.3) is 0 Å². The fraction of sp³-hybridized carbons (Fsp3) is 0.0909. The topological polar surface area (TPSA) is 61.8 Å². The Hall–Kier alpha value is -4.74. The molecule has 0 heterocycles. The molecule has 0 N–H and O–H groups in total. The van der Waals surface area contributed by atoms with Gasteiger partial charge in [0.1, 0.15) is 11.5 Å². The van der Waals surface area contributed by atoms with Gasteiger partial charge in [0, 0.05) is 12.7 Å². The van der Waals surface area contributed by atoms with E-state index in [0.717, 1.165) is 33.4 Å². The van der Waals surface area contributed by atoms with Gasteiger partial charge in [-0.05, 0) is 64.6 Å². The molecule has 4 aromatic carbocycles. The minimum Gasteiger partial charge on any atom is -0.423 e. The van der Waals surface area contributed by atoms with Gasteiger partial charge in [-0.15, -0.1) is 0 Å². The van der Waals surface area contributed by atoms with E-state index in [0.29, 0.717) is 17.1 Å². The predicted octanol–water partition coefficient (Wildman–Crippen LogP) is 7.28. The molecule has 4 rings (SSSR count). The third-order valence-corrected chi connectivity index (χ3v) is 5.86. The standard InChI is InChI=1S/C33H28O5/c1-22(2)32(34)37-30-17-13-28(14-18-30)26-9-5-24(6-10-26)25-7-11-27(12-8-25)29-15-19-31(20-16-29)38-33(35)23(3)21-36-4/h5-20H,1,3,21H2,2,4H3. The van der Waals surface area contributed by atoms with Crippen LogP contribution < -0.4 is 9.47 Å². The fourth-order valence-electron chi connectivity index (χ4n) is 3.75. The van der Waals surface area contributed by atoms with E-state index in [2.05, 4.69) is 61.7 Å². The molecule has 0 atom stereocenters. The minimum atomic E-state index is -0.504. The van der Waals surface area contributed by atoms with Crippen molar-refractivity contribution in [2.24, 2.45) is 0 Å². The Morgan fingerprint density at radius 2 is 0.842 bits per heavy atom. The smallest absolute Gasteiger partial charge is 0.341 e. The molecule has 5 nitrogen and oxygen atoms in total. The number of carbonyl (C=O) groups is 2. The molecule has 0 fully saturated rings. The number of ether oxygens (including phenoxy) is 3. The number of hydrogen-bond donors (Lipinski definition) is 0. The second kappa shape index (κ2) is 12.0. The third-order valence-electron chi connectivity index (χ3n) is 5.86. The van der Waals surface area contributed by atoms with E-state index in [1.165, 1.54) is 7.11 Å². The first kappa shape index (κ1) is 26.3. The van der Waals surface area contributed by atoms with Crippen LogP contribution in [0.3, 0.4) is 0 Å². The van der Waals surface area contributed by atoms with Gasteiger partial charge in [-0.2, -0.15) is 0 Å². The first-order valence-electron chi connectivity index (χ1n) is 12.0. The molecule has 0 saturated heterocycles. The van der Waals surface area contributed by atoms with Crippen molar-refractivity contribution >= 4 is 11.9 Å². The van der Waals surface area contributed by atoms with Crippen LogP contribution in [0.1, 0.15) is 6.92 Å². The maximum absolute atomic E-state index is 12.0. The Bertz CT molecular complexity index is 1450. The van der Waals surface area contributed by atoms with E-state index in [9.17, 15) is 9.59 Å². The number of hydrogen-bond acceptors (Lipinski definition) is 5. The SMILES string of the molecule is C=C(C)C(=O)Oc1ccc(-c2ccc(-c3ccc(-c4ccc(OC(=O)C(=C)COC)cc4)cc3)cc2)cc1. The molecule has 0 unspecified atom stereocenters. The molecule has 0 aliphatic rings. The summed E-state index contributed by atoms with van der Waals surface area (Å²) >= 11 is 0. The molecule has 0 saturated carbocycles. The molecule has 0 aliphatic heterocycles. The monoisotopic (exact) mass is 504 g/mol.